The van der Waals surface area contributed by atoms with E-state index in [9.17, 15) is 35.8 Å². The lowest BCUT2D eigenvalue weighted by molar-refractivity contribution is -0.120. The Morgan fingerprint density at radius 1 is 1.22 bits per heavy atom. The Morgan fingerprint density at radius 2 is 1.83 bits per heavy atom. The van der Waals surface area contributed by atoms with Gasteiger partial charge in [0.2, 0.25) is 10.8 Å². The number of phenols is 1. The van der Waals surface area contributed by atoms with Crippen LogP contribution in [0.25, 0.3) is 6.08 Å². The third-order valence-electron chi connectivity index (χ3n) is 3.37. The van der Waals surface area contributed by atoms with Crippen LogP contribution in [0.1, 0.15) is 24.5 Å². The number of benzene rings is 1. The fourth-order valence-corrected chi connectivity index (χ4v) is 4.29. The molecule has 0 saturated carbocycles. The lowest BCUT2D eigenvalue weighted by Crippen LogP contribution is -2.51. The molecular formula is C12H13NO8S2. The molecule has 1 aliphatic carbocycles. The topological polar surface area (TPSA) is 158 Å². The summed E-state index contributed by atoms with van der Waals surface area (Å²) in [7, 11) is -9.74. The largest absolute Gasteiger partial charge is 0.508 e. The first-order valence-corrected chi connectivity index (χ1v) is 9.04. The Hall–Kier alpha value is -1.95. The summed E-state index contributed by atoms with van der Waals surface area (Å²) in [6.07, 6.45) is 1.92. The summed E-state index contributed by atoms with van der Waals surface area (Å²) in [6, 6.07) is 1.73. The van der Waals surface area contributed by atoms with Crippen molar-refractivity contribution in [3.8, 4) is 5.75 Å². The number of hydrogen-bond donors (Lipinski definition) is 4. The molecule has 126 valence electrons. The monoisotopic (exact) mass is 363 g/mol. The lowest BCUT2D eigenvalue weighted by Gasteiger charge is -2.35. The van der Waals surface area contributed by atoms with Crippen LogP contribution in [0.5, 0.6) is 5.75 Å². The second-order valence-electron chi connectivity index (χ2n) is 4.94. The summed E-state index contributed by atoms with van der Waals surface area (Å²) in [4.78, 5) is 8.28. The smallest absolute Gasteiger partial charge is 0.295 e. The average Bonchev–Trinajstić information content (AvgIpc) is 2.35. The van der Waals surface area contributed by atoms with Gasteiger partial charge in [0.15, 0.2) is 0 Å². The Balaban J connectivity index is 2.97. The van der Waals surface area contributed by atoms with Crippen molar-refractivity contribution < 1.29 is 35.8 Å². The van der Waals surface area contributed by atoms with Gasteiger partial charge in [-0.3, -0.25) is 13.9 Å². The minimum absolute atomic E-state index is 0.342. The van der Waals surface area contributed by atoms with Gasteiger partial charge in [-0.25, -0.2) is 0 Å². The second-order valence-corrected chi connectivity index (χ2v) is 7.97. The number of amides is 1. The van der Waals surface area contributed by atoms with E-state index in [4.69, 9.17) is 0 Å². The highest BCUT2D eigenvalue weighted by atomic mass is 32.2. The highest BCUT2D eigenvalue weighted by Gasteiger charge is 2.50. The molecule has 0 fully saturated rings. The molecular weight excluding hydrogens is 350 g/mol. The maximum Gasteiger partial charge on any atom is 0.295 e. The molecule has 0 radical (unpaired) electrons. The van der Waals surface area contributed by atoms with Crippen molar-refractivity contribution in [2.45, 2.75) is 23.1 Å². The fourth-order valence-electron chi connectivity index (χ4n) is 2.55. The number of carbonyl (C=O) groups excluding carboxylic acids is 1. The summed E-state index contributed by atoms with van der Waals surface area (Å²) < 4.78 is 65.5. The van der Waals surface area contributed by atoms with Gasteiger partial charge in [0.05, 0.1) is 0 Å². The summed E-state index contributed by atoms with van der Waals surface area (Å²) >= 11 is 0. The normalized spacial score (nSPS) is 20.8. The van der Waals surface area contributed by atoms with Gasteiger partial charge in [-0.1, -0.05) is 12.2 Å². The fraction of sp³-hybridized carbons (Fsp3) is 0.250. The maximum absolute atomic E-state index is 11.9. The molecule has 1 aromatic rings. The average molecular weight is 363 g/mol. The van der Waals surface area contributed by atoms with Gasteiger partial charge >= 0.3 is 0 Å². The van der Waals surface area contributed by atoms with Crippen LogP contribution >= 0.6 is 0 Å². The Kier molecular flexibility index (Phi) is 4.01. The van der Waals surface area contributed by atoms with E-state index in [0.717, 1.165) is 19.1 Å². The molecule has 1 aromatic carbocycles. The van der Waals surface area contributed by atoms with Crippen molar-refractivity contribution >= 4 is 32.2 Å². The van der Waals surface area contributed by atoms with Crippen LogP contribution in [0.2, 0.25) is 0 Å². The Morgan fingerprint density at radius 3 is 2.30 bits per heavy atom. The SMILES string of the molecule is CC(=O)NC1(S(=O)(=O)O)CC=Cc2c(S(=O)(=O)O)ccc(O)c21. The Bertz CT molecular complexity index is 917. The molecule has 1 unspecified atom stereocenters. The standard InChI is InChI=1S/C12H13NO8S2/c1-7(14)13-12(23(19,20)21)6-2-3-8-10(22(16,17)18)5-4-9(15)11(8)12/h2-5,15H,6H2,1H3,(H,13,14)(H,16,17,18)(H,19,20,21). The van der Waals surface area contributed by atoms with Gasteiger partial charge in [0, 0.05) is 24.5 Å². The number of fused-ring (bicyclic) bond motifs is 1. The molecule has 0 aliphatic heterocycles. The second kappa shape index (κ2) is 5.30. The molecule has 0 aromatic heterocycles. The van der Waals surface area contributed by atoms with E-state index in [1.165, 1.54) is 12.2 Å². The van der Waals surface area contributed by atoms with Crippen LogP contribution in [-0.2, 0) is 29.9 Å². The maximum atomic E-state index is 11.9. The zero-order valence-electron chi connectivity index (χ0n) is 11.7. The molecule has 23 heavy (non-hydrogen) atoms. The molecule has 4 N–H and O–H groups in total. The molecule has 0 heterocycles. The zero-order valence-corrected chi connectivity index (χ0v) is 13.3. The van der Waals surface area contributed by atoms with Crippen molar-refractivity contribution in [3.63, 3.8) is 0 Å². The van der Waals surface area contributed by atoms with Gasteiger partial charge in [0.1, 0.15) is 10.6 Å². The van der Waals surface area contributed by atoms with Gasteiger partial charge in [0.25, 0.3) is 20.2 Å². The van der Waals surface area contributed by atoms with Crippen molar-refractivity contribution in [2.75, 3.05) is 0 Å². The molecule has 1 amide bonds. The predicted molar refractivity (Wildman–Crippen MR) is 78.6 cm³/mol. The highest BCUT2D eigenvalue weighted by molar-refractivity contribution is 7.87. The van der Waals surface area contributed by atoms with Crippen molar-refractivity contribution in [3.05, 3.63) is 29.3 Å². The molecule has 2 rings (SSSR count). The summed E-state index contributed by atoms with van der Waals surface area (Å²) in [5, 5.41) is 12.1. The minimum Gasteiger partial charge on any atom is -0.508 e. The summed E-state index contributed by atoms with van der Waals surface area (Å²) in [6.45, 7) is 0.995. The first-order valence-electron chi connectivity index (χ1n) is 6.16. The third kappa shape index (κ3) is 2.83. The number of rotatable bonds is 3. The van der Waals surface area contributed by atoms with Crippen LogP contribution in [0, 0.1) is 0 Å². The van der Waals surface area contributed by atoms with Gasteiger partial charge in [-0.15, -0.1) is 0 Å². The number of hydrogen-bond acceptors (Lipinski definition) is 6. The summed E-state index contributed by atoms with van der Waals surface area (Å²) in [5.74, 6) is -1.50. The Labute approximate surface area is 132 Å². The van der Waals surface area contributed by atoms with Crippen LogP contribution < -0.4 is 5.32 Å². The van der Waals surface area contributed by atoms with Gasteiger partial charge < -0.3 is 10.4 Å². The molecule has 0 spiro atoms. The van der Waals surface area contributed by atoms with Gasteiger partial charge in [-0.05, 0) is 12.1 Å². The van der Waals surface area contributed by atoms with E-state index < -0.39 is 53.6 Å². The number of aromatic hydroxyl groups is 1. The highest BCUT2D eigenvalue weighted by Crippen LogP contribution is 2.44. The molecule has 0 saturated heterocycles. The molecule has 1 atom stereocenters. The number of phenolic OH excluding ortho intramolecular Hbond substituents is 1. The molecule has 11 heteroatoms. The van der Waals surface area contributed by atoms with Gasteiger partial charge in [-0.2, -0.15) is 16.8 Å². The zero-order chi connectivity index (χ0) is 17.6. The van der Waals surface area contributed by atoms with Crippen LogP contribution in [0.3, 0.4) is 0 Å². The van der Waals surface area contributed by atoms with E-state index in [1.807, 2.05) is 5.32 Å². The lowest BCUT2D eigenvalue weighted by atomic mass is 9.91. The minimum atomic E-state index is -5.00. The van der Waals surface area contributed by atoms with Crippen LogP contribution in [0.15, 0.2) is 23.1 Å². The first kappa shape index (κ1) is 17.4. The molecule has 9 nitrogen and oxygen atoms in total. The molecule has 0 bridgehead atoms. The van der Waals surface area contributed by atoms with Crippen LogP contribution in [-0.4, -0.2) is 37.0 Å². The van der Waals surface area contributed by atoms with Crippen molar-refractivity contribution in [1.29, 1.82) is 0 Å². The van der Waals surface area contributed by atoms with E-state index in [2.05, 4.69) is 0 Å². The van der Waals surface area contributed by atoms with E-state index in [-0.39, 0.29) is 5.56 Å². The first-order chi connectivity index (χ1) is 10.4. The quantitative estimate of drug-likeness (QED) is 0.556. The van der Waals surface area contributed by atoms with E-state index >= 15 is 0 Å². The molecule has 1 aliphatic rings. The van der Waals surface area contributed by atoms with Crippen molar-refractivity contribution in [1.82, 2.24) is 5.32 Å². The van der Waals surface area contributed by atoms with Crippen LogP contribution in [0.4, 0.5) is 0 Å². The number of nitrogens with one attached hydrogen (secondary N) is 1. The third-order valence-corrected chi connectivity index (χ3v) is 5.64. The van der Waals surface area contributed by atoms with E-state index in [0.29, 0.717) is 0 Å². The predicted octanol–water partition coefficient (Wildman–Crippen LogP) is 0.233. The van der Waals surface area contributed by atoms with Crippen molar-refractivity contribution in [2.24, 2.45) is 0 Å². The summed E-state index contributed by atoms with van der Waals surface area (Å²) in [5.41, 5.74) is -0.877. The van der Waals surface area contributed by atoms with E-state index in [1.54, 1.807) is 0 Å². The number of carbonyl (C=O) groups is 1.